The molecule has 0 spiro atoms. The number of aliphatic hydroxyl groups is 1. The lowest BCUT2D eigenvalue weighted by Gasteiger charge is -2.21. The molecule has 236 valence electrons. The third-order valence-electron chi connectivity index (χ3n) is 4.25. The first kappa shape index (κ1) is 37.7. The number of pyridine rings is 2. The molecule has 0 aliphatic rings. The second kappa shape index (κ2) is 18.2. The highest BCUT2D eigenvalue weighted by atomic mass is 16.6. The molecule has 18 nitrogen and oxygen atoms in total. The highest BCUT2D eigenvalue weighted by Crippen LogP contribution is 2.08. The number of carbonyl (C=O) groups excluding carboxylic acids is 3. The van der Waals surface area contributed by atoms with Crippen LogP contribution in [0.15, 0.2) is 36.4 Å². The Morgan fingerprint density at radius 1 is 0.907 bits per heavy atom. The van der Waals surface area contributed by atoms with Crippen LogP contribution in [0.2, 0.25) is 0 Å². The van der Waals surface area contributed by atoms with E-state index in [0.29, 0.717) is 0 Å². The van der Waals surface area contributed by atoms with E-state index in [-0.39, 0.29) is 30.6 Å². The van der Waals surface area contributed by atoms with Crippen LogP contribution < -0.4 is 10.6 Å². The number of carboxylic acid groups (broad SMARTS) is 1. The van der Waals surface area contributed by atoms with Crippen LogP contribution >= 0.6 is 0 Å². The van der Waals surface area contributed by atoms with E-state index in [2.05, 4.69) is 20.6 Å². The summed E-state index contributed by atoms with van der Waals surface area (Å²) >= 11 is 0. The largest absolute Gasteiger partial charge is 0.475 e. The zero-order chi connectivity index (χ0) is 33.3. The number of rotatable bonds is 9. The number of nitro groups is 2. The number of aromatic nitrogens is 2. The Morgan fingerprint density at radius 3 is 1.81 bits per heavy atom. The topological polar surface area (TPSA) is 263 Å². The van der Waals surface area contributed by atoms with Gasteiger partial charge in [-0.2, -0.15) is 0 Å². The average molecular weight is 611 g/mol. The molecule has 0 unspecified atom stereocenters. The minimum absolute atomic E-state index is 0.0238. The predicted octanol–water partition coefficient (Wildman–Crippen LogP) is 2.25. The van der Waals surface area contributed by atoms with E-state index in [9.17, 15) is 39.4 Å². The number of carboxylic acids is 1. The van der Waals surface area contributed by atoms with Gasteiger partial charge in [0.1, 0.15) is 12.2 Å². The molecule has 2 rings (SSSR count). The Hall–Kier alpha value is -5.26. The lowest BCUT2D eigenvalue weighted by Crippen LogP contribution is -2.39. The second-order valence-corrected chi connectivity index (χ2v) is 9.49. The molecule has 0 radical (unpaired) electrons. The molecule has 2 aromatic heterocycles. The summed E-state index contributed by atoms with van der Waals surface area (Å²) in [6.07, 6.45) is -0.496. The summed E-state index contributed by atoms with van der Waals surface area (Å²) in [5, 5.41) is 42.7. The fourth-order valence-corrected chi connectivity index (χ4v) is 2.43. The van der Waals surface area contributed by atoms with Crippen molar-refractivity contribution in [2.45, 2.75) is 59.2 Å². The molecule has 4 N–H and O–H groups in total. The van der Waals surface area contributed by atoms with Crippen molar-refractivity contribution in [1.29, 1.82) is 0 Å². The van der Waals surface area contributed by atoms with Crippen LogP contribution in [-0.4, -0.2) is 84.9 Å². The fraction of sp³-hybridized carbons (Fsp3) is 0.440. The molecular weight excluding hydrogens is 576 g/mol. The fourth-order valence-electron chi connectivity index (χ4n) is 2.43. The summed E-state index contributed by atoms with van der Waals surface area (Å²) in [4.78, 5) is 69.7. The molecule has 0 aromatic carbocycles. The van der Waals surface area contributed by atoms with E-state index >= 15 is 0 Å². The Bertz CT molecular complexity index is 1250. The molecule has 0 fully saturated rings. The second-order valence-electron chi connectivity index (χ2n) is 9.49. The van der Waals surface area contributed by atoms with Gasteiger partial charge in [-0.25, -0.2) is 9.59 Å². The van der Waals surface area contributed by atoms with Crippen LogP contribution in [0, 0.1) is 20.2 Å². The Labute approximate surface area is 245 Å². The van der Waals surface area contributed by atoms with E-state index < -0.39 is 57.1 Å². The highest BCUT2D eigenvalue weighted by molar-refractivity contribution is 5.92. The van der Waals surface area contributed by atoms with Gasteiger partial charge in [0.25, 0.3) is 11.6 Å². The first-order valence-corrected chi connectivity index (χ1v) is 12.4. The number of esters is 1. The summed E-state index contributed by atoms with van der Waals surface area (Å²) in [5.41, 5.74) is -0.882. The Balaban J connectivity index is 0.000000644. The van der Waals surface area contributed by atoms with Crippen molar-refractivity contribution < 1.29 is 48.7 Å². The van der Waals surface area contributed by atoms with Gasteiger partial charge in [0.15, 0.2) is 0 Å². The highest BCUT2D eigenvalue weighted by Gasteiger charge is 2.19. The number of hydrogen-bond acceptors (Lipinski definition) is 13. The standard InChI is InChI=1S/C11H13N3O5.C8H17NO3.C6H4N2O4/c1-7(6-19-8(2)15)12-11(16)9-4-3-5-10(13-9)14(17)18;1-6(5-10)9-7(11)12-8(2,3)4;9-6(10)4-2-1-3-5(7-4)8(11)12/h3-5,7H,6H2,1-2H3,(H,12,16);6,10H,5H2,1-4H3,(H,9,11);1-3H,(H,9,10)/t7-;6-;/m00./s1. The maximum Gasteiger partial charge on any atom is 0.407 e. The minimum atomic E-state index is -1.28. The lowest BCUT2D eigenvalue weighted by atomic mass is 10.2. The van der Waals surface area contributed by atoms with Crippen molar-refractivity contribution in [2.24, 2.45) is 0 Å². The Kier molecular flexibility index (Phi) is 16.0. The van der Waals surface area contributed by atoms with Crippen molar-refractivity contribution in [3.63, 3.8) is 0 Å². The number of nitrogens with one attached hydrogen (secondary N) is 2. The van der Waals surface area contributed by atoms with Gasteiger partial charge >= 0.3 is 29.7 Å². The van der Waals surface area contributed by atoms with Gasteiger partial charge in [-0.1, -0.05) is 0 Å². The van der Waals surface area contributed by atoms with Crippen molar-refractivity contribution >= 4 is 35.6 Å². The lowest BCUT2D eigenvalue weighted by molar-refractivity contribution is -0.389. The first-order chi connectivity index (χ1) is 19.9. The zero-order valence-corrected chi connectivity index (χ0v) is 24.3. The maximum atomic E-state index is 11.7. The molecule has 0 bridgehead atoms. The summed E-state index contributed by atoms with van der Waals surface area (Å²) in [5.74, 6) is -3.16. The third-order valence-corrected chi connectivity index (χ3v) is 4.25. The van der Waals surface area contributed by atoms with E-state index in [4.69, 9.17) is 19.7 Å². The number of amides is 2. The number of aromatic carboxylic acids is 1. The SMILES string of the molecule is CC(=O)OC[C@H](C)NC(=O)c1cccc([N+](=O)[O-])n1.C[C@@H](CO)NC(=O)OC(C)(C)C.O=C(O)c1cccc([N+](=O)[O-])n1. The van der Waals surface area contributed by atoms with Crippen LogP contribution in [0.3, 0.4) is 0 Å². The van der Waals surface area contributed by atoms with Crippen molar-refractivity contribution in [1.82, 2.24) is 20.6 Å². The molecule has 2 amide bonds. The first-order valence-electron chi connectivity index (χ1n) is 12.4. The van der Waals surface area contributed by atoms with E-state index in [1.807, 2.05) is 0 Å². The molecule has 0 saturated carbocycles. The van der Waals surface area contributed by atoms with Crippen LogP contribution in [0.4, 0.5) is 16.4 Å². The van der Waals surface area contributed by atoms with Crippen molar-refractivity contribution in [3.05, 3.63) is 68.0 Å². The van der Waals surface area contributed by atoms with Gasteiger partial charge in [-0.15, -0.1) is 0 Å². The van der Waals surface area contributed by atoms with Crippen LogP contribution in [0.5, 0.6) is 0 Å². The van der Waals surface area contributed by atoms with Crippen molar-refractivity contribution in [2.75, 3.05) is 13.2 Å². The van der Waals surface area contributed by atoms with Gasteiger partial charge in [-0.05, 0) is 78.7 Å². The van der Waals surface area contributed by atoms with Crippen LogP contribution in [-0.2, 0) is 14.3 Å². The summed E-state index contributed by atoms with van der Waals surface area (Å²) < 4.78 is 9.67. The van der Waals surface area contributed by atoms with Gasteiger partial charge < -0.3 is 50.5 Å². The number of aliphatic hydroxyl groups excluding tert-OH is 1. The van der Waals surface area contributed by atoms with Crippen LogP contribution in [0.25, 0.3) is 0 Å². The smallest absolute Gasteiger partial charge is 0.407 e. The third kappa shape index (κ3) is 17.2. The summed E-state index contributed by atoms with van der Waals surface area (Å²) in [7, 11) is 0. The average Bonchev–Trinajstić information content (AvgIpc) is 2.91. The van der Waals surface area contributed by atoms with E-state index in [1.54, 1.807) is 34.6 Å². The zero-order valence-electron chi connectivity index (χ0n) is 24.3. The summed E-state index contributed by atoms with van der Waals surface area (Å²) in [6, 6.07) is 6.84. The molecule has 2 aromatic rings. The van der Waals surface area contributed by atoms with E-state index in [1.165, 1.54) is 37.3 Å². The van der Waals surface area contributed by atoms with Gasteiger partial charge in [0.05, 0.1) is 18.7 Å². The molecule has 0 aliphatic carbocycles. The monoisotopic (exact) mass is 610 g/mol. The van der Waals surface area contributed by atoms with Crippen LogP contribution in [0.1, 0.15) is 62.5 Å². The molecule has 0 aliphatic heterocycles. The van der Waals surface area contributed by atoms with E-state index in [0.717, 1.165) is 6.07 Å². The quantitative estimate of drug-likeness (QED) is 0.180. The molecule has 18 heteroatoms. The molecule has 2 heterocycles. The molecular formula is C25H34N6O12. The molecule has 0 saturated heterocycles. The van der Waals surface area contributed by atoms with Gasteiger partial charge in [-0.3, -0.25) is 9.59 Å². The van der Waals surface area contributed by atoms with Gasteiger partial charge in [0, 0.05) is 19.1 Å². The normalized spacial score (nSPS) is 11.5. The predicted molar refractivity (Wildman–Crippen MR) is 148 cm³/mol. The number of carbonyl (C=O) groups is 4. The number of ether oxygens (including phenoxy) is 2. The van der Waals surface area contributed by atoms with Crippen molar-refractivity contribution in [3.8, 4) is 0 Å². The maximum absolute atomic E-state index is 11.7. The number of hydrogen-bond donors (Lipinski definition) is 4. The molecule has 2 atom stereocenters. The Morgan fingerprint density at radius 2 is 1.40 bits per heavy atom. The molecule has 43 heavy (non-hydrogen) atoms. The minimum Gasteiger partial charge on any atom is -0.475 e. The number of alkyl carbamates (subject to hydrolysis) is 1. The van der Waals surface area contributed by atoms with Gasteiger partial charge in [0.2, 0.25) is 5.69 Å². The summed E-state index contributed by atoms with van der Waals surface area (Å²) in [6.45, 7) is 9.90. The number of nitrogens with zero attached hydrogens (tertiary/aromatic N) is 4.